The second-order valence-corrected chi connectivity index (χ2v) is 4.73. The lowest BCUT2D eigenvalue weighted by molar-refractivity contribution is 0.602. The molecule has 6 nitrogen and oxygen atoms in total. The molecule has 0 bridgehead atoms. The molecule has 1 rings (SSSR count). The Morgan fingerprint density at radius 2 is 2.33 bits per heavy atom. The zero-order valence-electron chi connectivity index (χ0n) is 5.77. The smallest absolute Gasteiger partial charge is 0.238 e. The van der Waals surface area contributed by atoms with Crippen molar-refractivity contribution < 1.29 is 8.42 Å². The second-order valence-electron chi connectivity index (χ2n) is 1.78. The number of rotatable bonds is 4. The summed E-state index contributed by atoms with van der Waals surface area (Å²) in [5, 5.41) is 6.79. The standard InChI is InChI=1S/C3H5ClN4O2S2/c4-1-2-12(9,10)6-3-5-7-8-11-3/h1-2H2,(H,5,6,8). The number of sulfonamides is 1. The summed E-state index contributed by atoms with van der Waals surface area (Å²) in [6.07, 6.45) is 0. The van der Waals surface area contributed by atoms with Crippen molar-refractivity contribution in [3.05, 3.63) is 0 Å². The summed E-state index contributed by atoms with van der Waals surface area (Å²) in [5.41, 5.74) is 0. The number of aromatic nitrogens is 3. The first-order valence-electron chi connectivity index (χ1n) is 2.85. The minimum absolute atomic E-state index is 0.0432. The fourth-order valence-corrected chi connectivity index (χ4v) is 2.43. The number of anilines is 1. The highest BCUT2D eigenvalue weighted by Gasteiger charge is 2.11. The molecule has 0 aliphatic heterocycles. The van der Waals surface area contributed by atoms with Crippen molar-refractivity contribution in [3.63, 3.8) is 0 Å². The Bertz CT molecular complexity index is 322. The van der Waals surface area contributed by atoms with Crippen LogP contribution in [0.3, 0.4) is 0 Å². The van der Waals surface area contributed by atoms with Gasteiger partial charge in [0.25, 0.3) is 0 Å². The highest BCUT2D eigenvalue weighted by molar-refractivity contribution is 7.92. The van der Waals surface area contributed by atoms with Gasteiger partial charge in [-0.3, -0.25) is 4.72 Å². The van der Waals surface area contributed by atoms with Crippen molar-refractivity contribution in [2.75, 3.05) is 16.4 Å². The van der Waals surface area contributed by atoms with Gasteiger partial charge in [-0.25, -0.2) is 8.42 Å². The summed E-state index contributed by atoms with van der Waals surface area (Å²) in [6.45, 7) is 0. The maximum Gasteiger partial charge on any atom is 0.238 e. The van der Waals surface area contributed by atoms with Crippen LogP contribution in [0.25, 0.3) is 0 Å². The molecule has 0 aromatic carbocycles. The Labute approximate surface area is 78.2 Å². The van der Waals surface area contributed by atoms with Crippen molar-refractivity contribution in [2.45, 2.75) is 0 Å². The summed E-state index contributed by atoms with van der Waals surface area (Å²) in [5.74, 6) is -0.101. The van der Waals surface area contributed by atoms with E-state index in [2.05, 4.69) is 19.5 Å². The van der Waals surface area contributed by atoms with E-state index < -0.39 is 10.0 Å². The Balaban J connectivity index is 2.63. The van der Waals surface area contributed by atoms with Crippen LogP contribution in [0.15, 0.2) is 0 Å². The fraction of sp³-hybridized carbons (Fsp3) is 0.667. The van der Waals surface area contributed by atoms with Gasteiger partial charge in [0.15, 0.2) is 0 Å². The molecular weight excluding hydrogens is 224 g/mol. The molecule has 0 saturated carbocycles. The van der Waals surface area contributed by atoms with E-state index in [1.807, 2.05) is 0 Å². The number of alkyl halides is 1. The van der Waals surface area contributed by atoms with Gasteiger partial charge in [-0.05, 0) is 5.21 Å². The summed E-state index contributed by atoms with van der Waals surface area (Å²) >= 11 is 6.13. The third-order valence-electron chi connectivity index (χ3n) is 0.888. The molecule has 0 radical (unpaired) electrons. The Morgan fingerprint density at radius 3 is 2.83 bits per heavy atom. The van der Waals surface area contributed by atoms with E-state index in [-0.39, 0.29) is 16.8 Å². The molecule has 0 unspecified atom stereocenters. The van der Waals surface area contributed by atoms with Crippen molar-refractivity contribution >= 4 is 38.3 Å². The molecule has 68 valence electrons. The molecule has 1 N–H and O–H groups in total. The average Bonchev–Trinajstić information content (AvgIpc) is 2.38. The molecule has 0 amide bonds. The van der Waals surface area contributed by atoms with Crippen molar-refractivity contribution in [3.8, 4) is 0 Å². The SMILES string of the molecule is O=S(=O)(CCCl)Nc1nnns1. The predicted molar refractivity (Wildman–Crippen MR) is 45.8 cm³/mol. The first-order valence-corrected chi connectivity index (χ1v) is 5.81. The quantitative estimate of drug-likeness (QED) is 0.729. The van der Waals surface area contributed by atoms with Gasteiger partial charge in [0.2, 0.25) is 15.2 Å². The van der Waals surface area contributed by atoms with Gasteiger partial charge in [0.1, 0.15) is 0 Å². The van der Waals surface area contributed by atoms with Gasteiger partial charge < -0.3 is 0 Å². The van der Waals surface area contributed by atoms with E-state index in [4.69, 9.17) is 11.6 Å². The number of nitrogens with zero attached hydrogens (tertiary/aromatic N) is 3. The largest absolute Gasteiger partial charge is 0.256 e. The molecule has 1 aromatic rings. The fourth-order valence-electron chi connectivity index (χ4n) is 0.459. The van der Waals surface area contributed by atoms with Crippen LogP contribution < -0.4 is 4.72 Å². The van der Waals surface area contributed by atoms with Crippen LogP contribution in [-0.4, -0.2) is 34.9 Å². The van der Waals surface area contributed by atoms with Crippen molar-refractivity contribution in [2.24, 2.45) is 0 Å². The Morgan fingerprint density at radius 1 is 1.58 bits per heavy atom. The highest BCUT2D eigenvalue weighted by Crippen LogP contribution is 2.07. The lowest BCUT2D eigenvalue weighted by Crippen LogP contribution is -2.17. The summed E-state index contributed by atoms with van der Waals surface area (Å²) < 4.78 is 27.6. The first kappa shape index (κ1) is 9.62. The van der Waals surface area contributed by atoms with Crippen LogP contribution in [0.5, 0.6) is 0 Å². The summed E-state index contributed by atoms with van der Waals surface area (Å²) in [6, 6.07) is 0. The van der Waals surface area contributed by atoms with E-state index >= 15 is 0 Å². The third-order valence-corrected chi connectivity index (χ3v) is 3.19. The number of nitrogens with one attached hydrogen (secondary N) is 1. The average molecular weight is 229 g/mol. The molecule has 0 aliphatic carbocycles. The highest BCUT2D eigenvalue weighted by atomic mass is 35.5. The van der Waals surface area contributed by atoms with Crippen LogP contribution in [0.1, 0.15) is 0 Å². The van der Waals surface area contributed by atoms with Crippen LogP contribution in [0.2, 0.25) is 0 Å². The molecule has 0 fully saturated rings. The van der Waals surface area contributed by atoms with Gasteiger partial charge in [-0.1, -0.05) is 9.59 Å². The molecule has 12 heavy (non-hydrogen) atoms. The lowest BCUT2D eigenvalue weighted by atomic mass is 11.0. The summed E-state index contributed by atoms with van der Waals surface area (Å²) in [4.78, 5) is 0. The predicted octanol–water partition coefficient (Wildman–Crippen LogP) is -0.0864. The van der Waals surface area contributed by atoms with Crippen LogP contribution >= 0.6 is 23.1 Å². The van der Waals surface area contributed by atoms with E-state index in [1.54, 1.807) is 0 Å². The zero-order chi connectivity index (χ0) is 9.03. The van der Waals surface area contributed by atoms with Gasteiger partial charge in [0, 0.05) is 17.4 Å². The lowest BCUT2D eigenvalue weighted by Gasteiger charge is -1.99. The second kappa shape index (κ2) is 3.97. The number of halogens is 1. The van der Waals surface area contributed by atoms with Gasteiger partial charge in [-0.2, -0.15) is 0 Å². The van der Waals surface area contributed by atoms with Gasteiger partial charge >= 0.3 is 0 Å². The van der Waals surface area contributed by atoms with Gasteiger partial charge in [-0.15, -0.1) is 11.6 Å². The Hall–Kier alpha value is -0.470. The molecule has 0 atom stereocenters. The molecular formula is C3H5ClN4O2S2. The zero-order valence-corrected chi connectivity index (χ0v) is 8.16. The Kier molecular flexibility index (Phi) is 3.18. The van der Waals surface area contributed by atoms with E-state index in [9.17, 15) is 8.42 Å². The molecule has 0 aliphatic rings. The molecule has 0 spiro atoms. The van der Waals surface area contributed by atoms with Crippen LogP contribution in [0, 0.1) is 0 Å². The number of hydrogen-bond donors (Lipinski definition) is 1. The molecule has 9 heteroatoms. The molecule has 1 heterocycles. The first-order chi connectivity index (χ1) is 5.64. The van der Waals surface area contributed by atoms with Gasteiger partial charge in [0.05, 0.1) is 5.75 Å². The van der Waals surface area contributed by atoms with E-state index in [0.29, 0.717) is 0 Å². The maximum atomic E-state index is 11.0. The summed E-state index contributed by atoms with van der Waals surface area (Å²) in [7, 11) is -3.37. The van der Waals surface area contributed by atoms with E-state index in [1.165, 1.54) is 0 Å². The third kappa shape index (κ3) is 2.88. The van der Waals surface area contributed by atoms with Crippen molar-refractivity contribution in [1.29, 1.82) is 0 Å². The minimum atomic E-state index is -3.37. The van der Waals surface area contributed by atoms with E-state index in [0.717, 1.165) is 11.5 Å². The maximum absolute atomic E-state index is 11.0. The topological polar surface area (TPSA) is 84.8 Å². The van der Waals surface area contributed by atoms with Crippen LogP contribution in [0.4, 0.5) is 5.13 Å². The normalized spacial score (nSPS) is 11.4. The van der Waals surface area contributed by atoms with Crippen LogP contribution in [-0.2, 0) is 10.0 Å². The molecule has 1 aromatic heterocycles. The molecule has 0 saturated heterocycles. The monoisotopic (exact) mass is 228 g/mol. The minimum Gasteiger partial charge on any atom is -0.256 e. The number of hydrogen-bond acceptors (Lipinski definition) is 6. The van der Waals surface area contributed by atoms with Crippen molar-refractivity contribution in [1.82, 2.24) is 14.8 Å².